The molecule has 0 aliphatic carbocycles. The van der Waals surface area contributed by atoms with E-state index in [4.69, 9.17) is 9.15 Å². The number of carbonyl (C=O) groups excluding carboxylic acids is 1. The lowest BCUT2D eigenvalue weighted by Gasteiger charge is -2.34. The zero-order valence-corrected chi connectivity index (χ0v) is 14.4. The highest BCUT2D eigenvalue weighted by molar-refractivity contribution is 5.92. The summed E-state index contributed by atoms with van der Waals surface area (Å²) in [6.07, 6.45) is 8.67. The number of aromatic nitrogens is 4. The van der Waals surface area contributed by atoms with E-state index >= 15 is 0 Å². The van der Waals surface area contributed by atoms with Gasteiger partial charge in [0.25, 0.3) is 5.91 Å². The Balaban J connectivity index is 1.43. The summed E-state index contributed by atoms with van der Waals surface area (Å²) in [7, 11) is 0. The fourth-order valence-electron chi connectivity index (χ4n) is 3.21. The summed E-state index contributed by atoms with van der Waals surface area (Å²) >= 11 is 0. The maximum atomic E-state index is 12.6. The number of carbonyl (C=O) groups is 1. The van der Waals surface area contributed by atoms with E-state index in [1.165, 1.54) is 12.7 Å². The first kappa shape index (κ1) is 16.3. The molecule has 1 aliphatic rings. The lowest BCUT2D eigenvalue weighted by Crippen LogP contribution is -2.41. The minimum atomic E-state index is -0.136. The van der Waals surface area contributed by atoms with Crippen molar-refractivity contribution in [3.05, 3.63) is 60.6 Å². The van der Waals surface area contributed by atoms with Gasteiger partial charge in [-0.15, -0.1) is 0 Å². The lowest BCUT2D eigenvalue weighted by atomic mass is 10.2. The Morgan fingerprint density at radius 2 is 2.15 bits per heavy atom. The topological polar surface area (TPSA) is 86.3 Å². The molecule has 3 aromatic rings. The first-order chi connectivity index (χ1) is 12.7. The molecule has 0 spiro atoms. The number of amides is 1. The van der Waals surface area contributed by atoms with Crippen LogP contribution in [0.5, 0.6) is 5.75 Å². The van der Waals surface area contributed by atoms with Gasteiger partial charge in [-0.2, -0.15) is 0 Å². The number of pyridine rings is 1. The molecule has 0 bridgehead atoms. The molecule has 3 aromatic heterocycles. The zero-order valence-electron chi connectivity index (χ0n) is 14.4. The fraction of sp³-hybridized carbons (Fsp3) is 0.333. The first-order valence-corrected chi connectivity index (χ1v) is 8.50. The third-order valence-corrected chi connectivity index (χ3v) is 4.56. The van der Waals surface area contributed by atoms with Crippen LogP contribution in [0.4, 0.5) is 0 Å². The molecule has 8 nitrogen and oxygen atoms in total. The van der Waals surface area contributed by atoms with Crippen molar-refractivity contribution in [3.63, 3.8) is 0 Å². The molecule has 0 aromatic carbocycles. The summed E-state index contributed by atoms with van der Waals surface area (Å²) < 4.78 is 12.8. The molecule has 0 radical (unpaired) electrons. The van der Waals surface area contributed by atoms with E-state index < -0.39 is 0 Å². The maximum Gasteiger partial charge on any atom is 0.276 e. The van der Waals surface area contributed by atoms with Crippen LogP contribution in [0.3, 0.4) is 0 Å². The van der Waals surface area contributed by atoms with Crippen LogP contribution < -0.4 is 4.74 Å². The molecular weight excluding hydrogens is 334 g/mol. The molecule has 4 heterocycles. The highest BCUT2D eigenvalue weighted by atomic mass is 16.5. The van der Waals surface area contributed by atoms with E-state index in [1.807, 2.05) is 25.3 Å². The number of hydrogen-bond acceptors (Lipinski definition) is 6. The lowest BCUT2D eigenvalue weighted by molar-refractivity contribution is 0.0630. The van der Waals surface area contributed by atoms with Crippen molar-refractivity contribution in [1.29, 1.82) is 0 Å². The molecule has 1 amide bonds. The van der Waals surface area contributed by atoms with Crippen molar-refractivity contribution in [2.24, 2.45) is 0 Å². The molecule has 0 fully saturated rings. The van der Waals surface area contributed by atoms with Gasteiger partial charge in [0.05, 0.1) is 12.6 Å². The minimum absolute atomic E-state index is 0.122. The van der Waals surface area contributed by atoms with E-state index in [1.54, 1.807) is 17.3 Å². The Labute approximate surface area is 150 Å². The Morgan fingerprint density at radius 3 is 2.92 bits per heavy atom. The summed E-state index contributed by atoms with van der Waals surface area (Å²) in [5.41, 5.74) is 1.43. The molecule has 26 heavy (non-hydrogen) atoms. The standard InChI is InChI=1S/C18H19N5O3/c1-13-17-20-10-14(4-9-26-15-2-5-19-6-3-15)23(17)8-7-22(13)18(24)16-11-25-12-21-16/h2-3,5-6,10-13H,4,7-9H2,1H3/t13-/m0/s1. The second kappa shape index (κ2) is 6.99. The second-order valence-electron chi connectivity index (χ2n) is 6.09. The molecule has 8 heteroatoms. The highest BCUT2D eigenvalue weighted by Gasteiger charge is 2.31. The smallest absolute Gasteiger partial charge is 0.276 e. The monoisotopic (exact) mass is 353 g/mol. The van der Waals surface area contributed by atoms with Crippen molar-refractivity contribution in [2.75, 3.05) is 13.2 Å². The van der Waals surface area contributed by atoms with E-state index in [0.717, 1.165) is 23.7 Å². The van der Waals surface area contributed by atoms with E-state index in [-0.39, 0.29) is 11.9 Å². The predicted molar refractivity (Wildman–Crippen MR) is 91.6 cm³/mol. The van der Waals surface area contributed by atoms with Crippen LogP contribution >= 0.6 is 0 Å². The molecule has 134 valence electrons. The van der Waals surface area contributed by atoms with Crippen LogP contribution in [0.2, 0.25) is 0 Å². The Morgan fingerprint density at radius 1 is 1.31 bits per heavy atom. The highest BCUT2D eigenvalue weighted by Crippen LogP contribution is 2.26. The SMILES string of the molecule is C[C@H]1c2ncc(CCOc3ccncc3)n2CCN1C(=O)c1cocn1. The van der Waals surface area contributed by atoms with Crippen molar-refractivity contribution < 1.29 is 13.9 Å². The molecule has 0 saturated carbocycles. The first-order valence-electron chi connectivity index (χ1n) is 8.50. The molecular formula is C18H19N5O3. The van der Waals surface area contributed by atoms with Gasteiger partial charge in [0.1, 0.15) is 17.8 Å². The van der Waals surface area contributed by atoms with Gasteiger partial charge in [-0.3, -0.25) is 9.78 Å². The average molecular weight is 353 g/mol. The van der Waals surface area contributed by atoms with Gasteiger partial charge >= 0.3 is 0 Å². The van der Waals surface area contributed by atoms with E-state index in [9.17, 15) is 4.79 Å². The zero-order chi connectivity index (χ0) is 17.9. The van der Waals surface area contributed by atoms with Crippen LogP contribution in [-0.4, -0.2) is 43.5 Å². The number of rotatable bonds is 5. The average Bonchev–Trinajstić information content (AvgIpc) is 3.33. The quantitative estimate of drug-likeness (QED) is 0.698. The van der Waals surface area contributed by atoms with Crippen LogP contribution in [0.15, 0.2) is 47.8 Å². The van der Waals surface area contributed by atoms with Gasteiger partial charge < -0.3 is 18.6 Å². The molecule has 1 atom stereocenters. The van der Waals surface area contributed by atoms with Gasteiger partial charge in [0.2, 0.25) is 0 Å². The number of nitrogens with zero attached hydrogens (tertiary/aromatic N) is 5. The van der Waals surface area contributed by atoms with Crippen molar-refractivity contribution in [3.8, 4) is 5.75 Å². The third-order valence-electron chi connectivity index (χ3n) is 4.56. The van der Waals surface area contributed by atoms with Crippen molar-refractivity contribution >= 4 is 5.91 Å². The number of ether oxygens (including phenoxy) is 1. The molecule has 4 rings (SSSR count). The van der Waals surface area contributed by atoms with Crippen LogP contribution in [0.25, 0.3) is 0 Å². The summed E-state index contributed by atoms with van der Waals surface area (Å²) in [6, 6.07) is 3.55. The van der Waals surface area contributed by atoms with Crippen LogP contribution in [-0.2, 0) is 13.0 Å². The summed E-state index contributed by atoms with van der Waals surface area (Å²) in [4.78, 5) is 26.8. The van der Waals surface area contributed by atoms with Crippen molar-refractivity contribution in [1.82, 2.24) is 24.4 Å². The Hall–Kier alpha value is -3.16. The van der Waals surface area contributed by atoms with Gasteiger partial charge in [-0.25, -0.2) is 9.97 Å². The number of fused-ring (bicyclic) bond motifs is 1. The normalized spacial score (nSPS) is 16.3. The number of oxazole rings is 1. The van der Waals surface area contributed by atoms with Crippen molar-refractivity contribution in [2.45, 2.75) is 25.9 Å². The Bertz CT molecular complexity index is 876. The second-order valence-corrected chi connectivity index (χ2v) is 6.09. The maximum absolute atomic E-state index is 12.6. The predicted octanol–water partition coefficient (Wildman–Crippen LogP) is 2.10. The molecule has 0 saturated heterocycles. The minimum Gasteiger partial charge on any atom is -0.493 e. The van der Waals surface area contributed by atoms with Gasteiger partial charge in [0, 0.05) is 43.8 Å². The van der Waals surface area contributed by atoms with Gasteiger partial charge in [0.15, 0.2) is 12.1 Å². The molecule has 0 unspecified atom stereocenters. The van der Waals surface area contributed by atoms with E-state index in [0.29, 0.717) is 25.4 Å². The molecule has 0 N–H and O–H groups in total. The van der Waals surface area contributed by atoms with E-state index in [2.05, 4.69) is 19.5 Å². The Kier molecular flexibility index (Phi) is 4.39. The summed E-state index contributed by atoms with van der Waals surface area (Å²) in [5, 5.41) is 0. The molecule has 1 aliphatic heterocycles. The van der Waals surface area contributed by atoms with Gasteiger partial charge in [-0.05, 0) is 19.1 Å². The number of hydrogen-bond donors (Lipinski definition) is 0. The van der Waals surface area contributed by atoms with Crippen LogP contribution in [0.1, 0.15) is 35.0 Å². The third kappa shape index (κ3) is 3.05. The summed E-state index contributed by atoms with van der Waals surface area (Å²) in [6.45, 7) is 3.85. The van der Waals surface area contributed by atoms with Gasteiger partial charge in [-0.1, -0.05) is 0 Å². The fourth-order valence-corrected chi connectivity index (χ4v) is 3.21. The van der Waals surface area contributed by atoms with Crippen LogP contribution in [0, 0.1) is 0 Å². The number of imidazole rings is 1. The largest absolute Gasteiger partial charge is 0.493 e. The summed E-state index contributed by atoms with van der Waals surface area (Å²) in [5.74, 6) is 1.55.